The van der Waals surface area contributed by atoms with Crippen molar-refractivity contribution >= 4 is 0 Å². The van der Waals surface area contributed by atoms with Gasteiger partial charge in [-0.3, -0.25) is 0 Å². The van der Waals surface area contributed by atoms with E-state index in [9.17, 15) is 10.2 Å². The van der Waals surface area contributed by atoms with Gasteiger partial charge in [-0.15, -0.1) is 6.42 Å². The number of rotatable bonds is 0. The van der Waals surface area contributed by atoms with Crippen LogP contribution < -0.4 is 0 Å². The Hall–Kier alpha value is -0.520. The lowest BCUT2D eigenvalue weighted by molar-refractivity contribution is -0.143. The molecule has 0 unspecified atom stereocenters. The van der Waals surface area contributed by atoms with Crippen molar-refractivity contribution in [1.82, 2.24) is 0 Å². The van der Waals surface area contributed by atoms with Crippen LogP contribution in [-0.4, -0.2) is 21.9 Å². The van der Waals surface area contributed by atoms with E-state index < -0.39 is 5.60 Å². The molecule has 2 N–H and O–H groups in total. The first kappa shape index (κ1) is 16.0. The summed E-state index contributed by atoms with van der Waals surface area (Å²) in [5, 5.41) is 21.1. The summed E-state index contributed by atoms with van der Waals surface area (Å²) in [5.74, 6) is 5.51. The van der Waals surface area contributed by atoms with Crippen molar-refractivity contribution in [2.24, 2.45) is 34.5 Å². The maximum atomic E-state index is 10.6. The maximum absolute atomic E-state index is 10.6. The molecule has 0 aromatic heterocycles. The van der Waals surface area contributed by atoms with Gasteiger partial charge in [-0.2, -0.15) is 0 Å². The van der Waals surface area contributed by atoms with E-state index in [0.717, 1.165) is 37.5 Å². The molecule has 0 spiro atoms. The summed E-state index contributed by atoms with van der Waals surface area (Å²) >= 11 is 0. The molecule has 4 aliphatic rings. The van der Waals surface area contributed by atoms with Crippen LogP contribution in [0.2, 0.25) is 0 Å². The molecule has 2 heteroatoms. The zero-order valence-electron chi connectivity index (χ0n) is 14.7. The van der Waals surface area contributed by atoms with E-state index >= 15 is 0 Å². The maximum Gasteiger partial charge on any atom is 0.125 e. The molecule has 0 bridgehead atoms. The SMILES string of the molecule is C#C[C@]1(O)CC[C@]2(C)[C@H](CC[C@H]3[C@H]2CC[C@@]2(C)[C@@H](O)CC[C@@H]32)C1. The Kier molecular flexibility index (Phi) is 3.47. The topological polar surface area (TPSA) is 40.5 Å². The number of hydrogen-bond donors (Lipinski definition) is 2. The zero-order valence-corrected chi connectivity index (χ0v) is 14.7. The van der Waals surface area contributed by atoms with Gasteiger partial charge in [0.1, 0.15) is 5.60 Å². The van der Waals surface area contributed by atoms with Crippen LogP contribution in [0.5, 0.6) is 0 Å². The third-order valence-electron chi connectivity index (χ3n) is 8.95. The van der Waals surface area contributed by atoms with Crippen LogP contribution in [0.25, 0.3) is 0 Å². The number of hydrogen-bond acceptors (Lipinski definition) is 2. The highest BCUT2D eigenvalue weighted by molar-refractivity contribution is 5.16. The second-order valence-corrected chi connectivity index (χ2v) is 9.67. The van der Waals surface area contributed by atoms with Gasteiger partial charge in [-0.25, -0.2) is 0 Å². The fourth-order valence-corrected chi connectivity index (χ4v) is 7.35. The first-order valence-electron chi connectivity index (χ1n) is 9.71. The third kappa shape index (κ3) is 2.09. The molecule has 0 radical (unpaired) electrons. The molecule has 0 aliphatic heterocycles. The molecule has 4 saturated carbocycles. The molecule has 8 atom stereocenters. The van der Waals surface area contributed by atoms with Gasteiger partial charge in [-0.1, -0.05) is 19.8 Å². The third-order valence-corrected chi connectivity index (χ3v) is 8.95. The van der Waals surface area contributed by atoms with Gasteiger partial charge in [0.05, 0.1) is 6.10 Å². The van der Waals surface area contributed by atoms with Gasteiger partial charge in [0.15, 0.2) is 0 Å². The van der Waals surface area contributed by atoms with Crippen LogP contribution in [0.15, 0.2) is 0 Å². The minimum absolute atomic E-state index is 0.0862. The van der Waals surface area contributed by atoms with Gasteiger partial charge >= 0.3 is 0 Å². The van der Waals surface area contributed by atoms with E-state index in [-0.39, 0.29) is 11.5 Å². The van der Waals surface area contributed by atoms with Gasteiger partial charge in [-0.05, 0) is 92.3 Å². The normalized spacial score (nSPS) is 58.7. The molecular formula is C21H32O2. The van der Waals surface area contributed by atoms with E-state index in [1.54, 1.807) is 0 Å². The lowest BCUT2D eigenvalue weighted by atomic mass is 9.44. The van der Waals surface area contributed by atoms with Crippen molar-refractivity contribution in [3.05, 3.63) is 0 Å². The molecular weight excluding hydrogens is 284 g/mol. The largest absolute Gasteiger partial charge is 0.393 e. The predicted molar refractivity (Wildman–Crippen MR) is 91.5 cm³/mol. The van der Waals surface area contributed by atoms with Gasteiger partial charge in [0.2, 0.25) is 0 Å². The Morgan fingerprint density at radius 2 is 1.65 bits per heavy atom. The van der Waals surface area contributed by atoms with Gasteiger partial charge in [0, 0.05) is 0 Å². The van der Waals surface area contributed by atoms with E-state index in [0.29, 0.717) is 17.3 Å². The Bertz CT molecular complexity index is 536. The van der Waals surface area contributed by atoms with E-state index in [4.69, 9.17) is 6.42 Å². The van der Waals surface area contributed by atoms with Crippen molar-refractivity contribution in [3.8, 4) is 12.3 Å². The second-order valence-electron chi connectivity index (χ2n) is 9.67. The quantitative estimate of drug-likeness (QED) is 0.668. The highest BCUT2D eigenvalue weighted by Gasteiger charge is 2.60. The van der Waals surface area contributed by atoms with Crippen molar-refractivity contribution in [2.45, 2.75) is 83.3 Å². The molecule has 0 aromatic carbocycles. The molecule has 4 aliphatic carbocycles. The Morgan fingerprint density at radius 3 is 2.39 bits per heavy atom. The number of aliphatic hydroxyl groups excluding tert-OH is 1. The molecule has 4 rings (SSSR count). The minimum atomic E-state index is -0.857. The first-order valence-corrected chi connectivity index (χ1v) is 9.71. The number of fused-ring (bicyclic) bond motifs is 5. The molecule has 4 fully saturated rings. The summed E-state index contributed by atoms with van der Waals surface area (Å²) in [5.41, 5.74) is -0.344. The summed E-state index contributed by atoms with van der Waals surface area (Å²) in [6.07, 6.45) is 15.3. The van der Waals surface area contributed by atoms with Crippen LogP contribution in [-0.2, 0) is 0 Å². The summed E-state index contributed by atoms with van der Waals surface area (Å²) in [4.78, 5) is 0. The molecule has 0 heterocycles. The first-order chi connectivity index (χ1) is 10.8. The van der Waals surface area contributed by atoms with E-state index in [2.05, 4.69) is 19.8 Å². The molecule has 0 amide bonds. The summed E-state index contributed by atoms with van der Waals surface area (Å²) in [6, 6.07) is 0. The minimum Gasteiger partial charge on any atom is -0.393 e. The number of aliphatic hydroxyl groups is 2. The molecule has 2 nitrogen and oxygen atoms in total. The highest BCUT2D eigenvalue weighted by atomic mass is 16.3. The Balaban J connectivity index is 1.61. The lowest BCUT2D eigenvalue weighted by Crippen LogP contribution is -2.56. The van der Waals surface area contributed by atoms with E-state index in [1.165, 1.54) is 32.1 Å². The summed E-state index contributed by atoms with van der Waals surface area (Å²) < 4.78 is 0. The fourth-order valence-electron chi connectivity index (χ4n) is 7.35. The van der Waals surface area contributed by atoms with Crippen molar-refractivity contribution in [2.75, 3.05) is 0 Å². The van der Waals surface area contributed by atoms with Crippen molar-refractivity contribution in [1.29, 1.82) is 0 Å². The van der Waals surface area contributed by atoms with Crippen LogP contribution >= 0.6 is 0 Å². The van der Waals surface area contributed by atoms with Crippen LogP contribution in [0.1, 0.15) is 71.6 Å². The van der Waals surface area contributed by atoms with Crippen LogP contribution in [0, 0.1) is 46.8 Å². The summed E-state index contributed by atoms with van der Waals surface area (Å²) in [7, 11) is 0. The Morgan fingerprint density at radius 1 is 0.913 bits per heavy atom. The Labute approximate surface area is 141 Å². The second kappa shape index (κ2) is 4.99. The smallest absolute Gasteiger partial charge is 0.125 e. The highest BCUT2D eigenvalue weighted by Crippen LogP contribution is 2.66. The van der Waals surface area contributed by atoms with Crippen molar-refractivity contribution < 1.29 is 10.2 Å². The summed E-state index contributed by atoms with van der Waals surface area (Å²) in [6.45, 7) is 4.83. The average Bonchev–Trinajstić information content (AvgIpc) is 2.84. The molecule has 23 heavy (non-hydrogen) atoms. The van der Waals surface area contributed by atoms with Gasteiger partial charge in [0.25, 0.3) is 0 Å². The lowest BCUT2D eigenvalue weighted by Gasteiger charge is -2.61. The predicted octanol–water partition coefficient (Wildman–Crippen LogP) is 3.75. The van der Waals surface area contributed by atoms with Gasteiger partial charge < -0.3 is 10.2 Å². The monoisotopic (exact) mass is 316 g/mol. The van der Waals surface area contributed by atoms with E-state index in [1.807, 2.05) is 0 Å². The number of terminal acetylenes is 1. The molecule has 128 valence electrons. The van der Waals surface area contributed by atoms with Crippen molar-refractivity contribution in [3.63, 3.8) is 0 Å². The van der Waals surface area contributed by atoms with Crippen LogP contribution in [0.4, 0.5) is 0 Å². The fraction of sp³-hybridized carbons (Fsp3) is 0.905. The zero-order chi connectivity index (χ0) is 16.5. The average molecular weight is 316 g/mol. The molecule has 0 aromatic rings. The molecule has 0 saturated heterocycles. The van der Waals surface area contributed by atoms with Crippen LogP contribution in [0.3, 0.4) is 0 Å². The standard InChI is InChI=1S/C21H32O2/c1-4-21(23)12-11-19(2)14(13-21)5-6-15-16-7-8-18(22)20(16,3)10-9-17(15)19/h1,14-18,22-23H,5-13H2,2-3H3/t14-,15-,16+,17-,18+,19-,20-,21+/m1/s1.